The molecule has 0 amide bonds. The molecule has 0 aromatic heterocycles. The largest absolute Gasteiger partial charge is 0.371 e. The summed E-state index contributed by atoms with van der Waals surface area (Å²) < 4.78 is 5.74. The molecule has 2 saturated heterocycles. The molecule has 2 rings (SSSR count). The van der Waals surface area contributed by atoms with E-state index in [0.29, 0.717) is 0 Å². The summed E-state index contributed by atoms with van der Waals surface area (Å²) in [4.78, 5) is 0. The van der Waals surface area contributed by atoms with E-state index in [-0.39, 0.29) is 5.60 Å². The molecule has 2 aliphatic heterocycles. The molecule has 1 unspecified atom stereocenters. The van der Waals surface area contributed by atoms with Crippen molar-refractivity contribution in [3.05, 3.63) is 0 Å². The monoisotopic (exact) mass is 159 g/mol. The summed E-state index contributed by atoms with van der Waals surface area (Å²) in [6.07, 6.45) is 1.24. The van der Waals surface area contributed by atoms with Crippen molar-refractivity contribution in [3.8, 4) is 0 Å². The van der Waals surface area contributed by atoms with Crippen LogP contribution in [0, 0.1) is 0 Å². The van der Waals surface area contributed by atoms with Crippen LogP contribution >= 0.6 is 11.8 Å². The SMILES string of the molecule is C1COC2(CCSC2)CN1. The molecule has 58 valence electrons. The van der Waals surface area contributed by atoms with E-state index >= 15 is 0 Å². The van der Waals surface area contributed by atoms with Gasteiger partial charge in [-0.15, -0.1) is 0 Å². The van der Waals surface area contributed by atoms with Crippen LogP contribution in [0.3, 0.4) is 0 Å². The van der Waals surface area contributed by atoms with Crippen LogP contribution < -0.4 is 5.32 Å². The van der Waals surface area contributed by atoms with Gasteiger partial charge < -0.3 is 10.1 Å². The Balaban J connectivity index is 1.98. The number of nitrogens with one attached hydrogen (secondary N) is 1. The van der Waals surface area contributed by atoms with E-state index in [1.807, 2.05) is 11.8 Å². The van der Waals surface area contributed by atoms with Crippen LogP contribution in [0.1, 0.15) is 6.42 Å². The quantitative estimate of drug-likeness (QED) is 0.555. The first-order valence-corrected chi connectivity index (χ1v) is 4.99. The minimum absolute atomic E-state index is 0.225. The minimum Gasteiger partial charge on any atom is -0.371 e. The van der Waals surface area contributed by atoms with Gasteiger partial charge in [0.1, 0.15) is 0 Å². The Bertz CT molecular complexity index is 115. The van der Waals surface area contributed by atoms with Gasteiger partial charge >= 0.3 is 0 Å². The van der Waals surface area contributed by atoms with E-state index in [4.69, 9.17) is 4.74 Å². The lowest BCUT2D eigenvalue weighted by molar-refractivity contribution is -0.0462. The summed E-state index contributed by atoms with van der Waals surface area (Å²) in [6.45, 7) is 3.01. The zero-order chi connectivity index (χ0) is 6.86. The second-order valence-corrected chi connectivity index (χ2v) is 4.12. The summed E-state index contributed by atoms with van der Waals surface area (Å²) in [5, 5.41) is 3.38. The van der Waals surface area contributed by atoms with Gasteiger partial charge in [0.15, 0.2) is 0 Å². The van der Waals surface area contributed by atoms with E-state index in [1.54, 1.807) is 0 Å². The van der Waals surface area contributed by atoms with Gasteiger partial charge in [0.2, 0.25) is 0 Å². The number of thioether (sulfide) groups is 1. The highest BCUT2D eigenvalue weighted by Crippen LogP contribution is 2.31. The molecule has 10 heavy (non-hydrogen) atoms. The summed E-state index contributed by atoms with van der Waals surface area (Å²) >= 11 is 2.01. The number of ether oxygens (including phenoxy) is 1. The van der Waals surface area contributed by atoms with Crippen LogP contribution in [-0.2, 0) is 4.74 Å². The third-order valence-corrected chi connectivity index (χ3v) is 3.42. The van der Waals surface area contributed by atoms with E-state index < -0.39 is 0 Å². The third kappa shape index (κ3) is 1.18. The van der Waals surface area contributed by atoms with Crippen molar-refractivity contribution < 1.29 is 4.74 Å². The predicted molar refractivity (Wildman–Crippen MR) is 43.5 cm³/mol. The number of rotatable bonds is 0. The smallest absolute Gasteiger partial charge is 0.0904 e. The highest BCUT2D eigenvalue weighted by Gasteiger charge is 2.36. The molecule has 0 bridgehead atoms. The van der Waals surface area contributed by atoms with Gasteiger partial charge in [-0.05, 0) is 12.2 Å². The molecule has 2 aliphatic rings. The van der Waals surface area contributed by atoms with Gasteiger partial charge in [0.25, 0.3) is 0 Å². The van der Waals surface area contributed by atoms with E-state index in [1.165, 1.54) is 17.9 Å². The van der Waals surface area contributed by atoms with Crippen molar-refractivity contribution in [1.29, 1.82) is 0 Å². The van der Waals surface area contributed by atoms with Crippen LogP contribution in [0.25, 0.3) is 0 Å². The molecule has 2 heterocycles. The van der Waals surface area contributed by atoms with Gasteiger partial charge in [0, 0.05) is 18.8 Å². The van der Waals surface area contributed by atoms with Crippen molar-refractivity contribution in [2.24, 2.45) is 0 Å². The van der Waals surface area contributed by atoms with Gasteiger partial charge in [0.05, 0.1) is 12.2 Å². The standard InChI is InChI=1S/C7H13NOS/c1-4-10-6-7(1)5-8-2-3-9-7/h8H,1-6H2. The topological polar surface area (TPSA) is 21.3 Å². The normalized spacial score (nSPS) is 40.8. The second-order valence-electron chi connectivity index (χ2n) is 3.01. The molecule has 0 radical (unpaired) electrons. The zero-order valence-corrected chi connectivity index (χ0v) is 6.88. The van der Waals surface area contributed by atoms with Crippen LogP contribution in [0.2, 0.25) is 0 Å². The Kier molecular flexibility index (Phi) is 1.89. The summed E-state index contributed by atoms with van der Waals surface area (Å²) in [6, 6.07) is 0. The van der Waals surface area contributed by atoms with Crippen molar-refractivity contribution >= 4 is 11.8 Å². The number of hydrogen-bond acceptors (Lipinski definition) is 3. The first-order valence-electron chi connectivity index (χ1n) is 3.84. The Labute approximate surface area is 65.7 Å². The van der Waals surface area contributed by atoms with Crippen molar-refractivity contribution in [2.75, 3.05) is 31.2 Å². The molecule has 3 heteroatoms. The average molecular weight is 159 g/mol. The fraction of sp³-hybridized carbons (Fsp3) is 1.00. The van der Waals surface area contributed by atoms with Crippen molar-refractivity contribution in [1.82, 2.24) is 5.32 Å². The molecular weight excluding hydrogens is 146 g/mol. The molecule has 2 nitrogen and oxygen atoms in total. The predicted octanol–water partition coefficient (Wildman–Crippen LogP) is 0.482. The van der Waals surface area contributed by atoms with Gasteiger partial charge in [-0.2, -0.15) is 11.8 Å². The average Bonchev–Trinajstić information content (AvgIpc) is 2.39. The molecular formula is C7H13NOS. The van der Waals surface area contributed by atoms with Gasteiger partial charge in [-0.1, -0.05) is 0 Å². The van der Waals surface area contributed by atoms with Crippen LogP contribution in [0.4, 0.5) is 0 Å². The summed E-state index contributed by atoms with van der Waals surface area (Å²) in [5.41, 5.74) is 0.225. The minimum atomic E-state index is 0.225. The molecule has 0 aromatic carbocycles. The maximum absolute atomic E-state index is 5.74. The molecule has 1 atom stereocenters. The Morgan fingerprint density at radius 2 is 2.50 bits per heavy atom. The highest BCUT2D eigenvalue weighted by atomic mass is 32.2. The summed E-state index contributed by atoms with van der Waals surface area (Å²) in [5.74, 6) is 2.47. The zero-order valence-electron chi connectivity index (χ0n) is 6.06. The van der Waals surface area contributed by atoms with E-state index in [2.05, 4.69) is 5.32 Å². The fourth-order valence-corrected chi connectivity index (χ4v) is 2.91. The fourth-order valence-electron chi connectivity index (χ4n) is 1.55. The third-order valence-electron chi connectivity index (χ3n) is 2.20. The Morgan fingerprint density at radius 1 is 1.50 bits per heavy atom. The maximum atomic E-state index is 5.74. The van der Waals surface area contributed by atoms with Crippen LogP contribution in [0.5, 0.6) is 0 Å². The second kappa shape index (κ2) is 2.72. The first-order chi connectivity index (χ1) is 4.91. The van der Waals surface area contributed by atoms with E-state index in [9.17, 15) is 0 Å². The summed E-state index contributed by atoms with van der Waals surface area (Å²) in [7, 11) is 0. The van der Waals surface area contributed by atoms with E-state index in [0.717, 1.165) is 19.7 Å². The lowest BCUT2D eigenvalue weighted by Gasteiger charge is -2.33. The van der Waals surface area contributed by atoms with Gasteiger partial charge in [-0.3, -0.25) is 0 Å². The maximum Gasteiger partial charge on any atom is 0.0904 e. The first kappa shape index (κ1) is 6.95. The van der Waals surface area contributed by atoms with Gasteiger partial charge in [-0.25, -0.2) is 0 Å². The van der Waals surface area contributed by atoms with Crippen LogP contribution in [0.15, 0.2) is 0 Å². The molecule has 2 fully saturated rings. The lowest BCUT2D eigenvalue weighted by atomic mass is 10.0. The highest BCUT2D eigenvalue weighted by molar-refractivity contribution is 7.99. The van der Waals surface area contributed by atoms with Crippen molar-refractivity contribution in [3.63, 3.8) is 0 Å². The Morgan fingerprint density at radius 3 is 3.10 bits per heavy atom. The lowest BCUT2D eigenvalue weighted by Crippen LogP contribution is -2.49. The molecule has 0 aromatic rings. The van der Waals surface area contributed by atoms with Crippen molar-refractivity contribution in [2.45, 2.75) is 12.0 Å². The molecule has 1 N–H and O–H groups in total. The number of morpholine rings is 1. The Hall–Kier alpha value is 0.270. The molecule has 1 spiro atoms. The molecule has 0 aliphatic carbocycles. The van der Waals surface area contributed by atoms with Crippen LogP contribution in [-0.4, -0.2) is 36.8 Å². The number of hydrogen-bond donors (Lipinski definition) is 1. The molecule has 0 saturated carbocycles.